The molecule has 1 unspecified atom stereocenters. The van der Waals surface area contributed by atoms with Gasteiger partial charge in [-0.05, 0) is 53.5 Å². The molecule has 3 heterocycles. The molecule has 1 aliphatic heterocycles. The Kier molecular flexibility index (Phi) is 4.80. The van der Waals surface area contributed by atoms with Crippen LogP contribution in [0.5, 0.6) is 0 Å². The molecule has 2 aromatic heterocycles. The van der Waals surface area contributed by atoms with E-state index in [0.29, 0.717) is 30.1 Å². The number of hydrogen-bond acceptors (Lipinski definition) is 5. The highest BCUT2D eigenvalue weighted by molar-refractivity contribution is 14.1. The average Bonchev–Trinajstić information content (AvgIpc) is 3.05. The number of ether oxygens (including phenoxy) is 1. The molecule has 4 rings (SSSR count). The SMILES string of the molecule is Fc1nc(NCc2ccccc2I)c2ncn(C3CCCCO3)c2n1. The first-order chi connectivity index (χ1) is 12.2. The topological polar surface area (TPSA) is 64.9 Å². The quantitative estimate of drug-likeness (QED) is 0.480. The highest BCUT2D eigenvalue weighted by Crippen LogP contribution is 2.28. The van der Waals surface area contributed by atoms with Gasteiger partial charge in [0.05, 0.1) is 6.33 Å². The van der Waals surface area contributed by atoms with Gasteiger partial charge < -0.3 is 10.1 Å². The van der Waals surface area contributed by atoms with E-state index in [1.807, 2.05) is 24.3 Å². The van der Waals surface area contributed by atoms with E-state index in [4.69, 9.17) is 4.74 Å². The third kappa shape index (κ3) is 3.45. The number of aromatic nitrogens is 4. The summed E-state index contributed by atoms with van der Waals surface area (Å²) in [6, 6.07) is 8.02. The van der Waals surface area contributed by atoms with Gasteiger partial charge in [-0.1, -0.05) is 18.2 Å². The summed E-state index contributed by atoms with van der Waals surface area (Å²) in [6.07, 6.45) is 3.75. The number of imidazole rings is 1. The number of benzene rings is 1. The molecule has 0 saturated carbocycles. The Morgan fingerprint density at radius 2 is 2.16 bits per heavy atom. The molecule has 0 radical (unpaired) electrons. The lowest BCUT2D eigenvalue weighted by atomic mass is 10.2. The van der Waals surface area contributed by atoms with Gasteiger partial charge in [0.1, 0.15) is 6.23 Å². The molecule has 6 nitrogen and oxygen atoms in total. The normalized spacial score (nSPS) is 17.8. The molecule has 3 aromatic rings. The Labute approximate surface area is 158 Å². The number of nitrogens with one attached hydrogen (secondary N) is 1. The van der Waals surface area contributed by atoms with Crippen molar-refractivity contribution >= 4 is 39.6 Å². The first-order valence-corrected chi connectivity index (χ1v) is 9.29. The van der Waals surface area contributed by atoms with Crippen LogP contribution in [0.1, 0.15) is 31.1 Å². The van der Waals surface area contributed by atoms with E-state index in [2.05, 4.69) is 42.9 Å². The van der Waals surface area contributed by atoms with Gasteiger partial charge in [-0.2, -0.15) is 14.4 Å². The molecule has 1 N–H and O–H groups in total. The Hall–Kier alpha value is -1.81. The number of anilines is 1. The van der Waals surface area contributed by atoms with Crippen molar-refractivity contribution in [2.75, 3.05) is 11.9 Å². The number of nitrogens with zero attached hydrogens (tertiary/aromatic N) is 4. The van der Waals surface area contributed by atoms with Crippen molar-refractivity contribution in [3.63, 3.8) is 0 Å². The van der Waals surface area contributed by atoms with Crippen molar-refractivity contribution < 1.29 is 9.13 Å². The highest BCUT2D eigenvalue weighted by atomic mass is 127. The molecule has 1 saturated heterocycles. The zero-order valence-electron chi connectivity index (χ0n) is 13.5. The van der Waals surface area contributed by atoms with Crippen molar-refractivity contribution in [1.82, 2.24) is 19.5 Å². The molecule has 1 aromatic carbocycles. The predicted octanol–water partition coefficient (Wildman–Crippen LogP) is 3.88. The molecule has 1 fully saturated rings. The van der Waals surface area contributed by atoms with Crippen LogP contribution in [0, 0.1) is 9.65 Å². The summed E-state index contributed by atoms with van der Waals surface area (Å²) in [4.78, 5) is 12.2. The fourth-order valence-electron chi connectivity index (χ4n) is 2.99. The zero-order valence-corrected chi connectivity index (χ0v) is 15.6. The first kappa shape index (κ1) is 16.6. The number of halogens is 2. The Morgan fingerprint density at radius 1 is 1.28 bits per heavy atom. The lowest BCUT2D eigenvalue weighted by Crippen LogP contribution is -2.18. The Balaban J connectivity index is 1.65. The predicted molar refractivity (Wildman–Crippen MR) is 101 cm³/mol. The zero-order chi connectivity index (χ0) is 17.2. The van der Waals surface area contributed by atoms with Crippen molar-refractivity contribution in [1.29, 1.82) is 0 Å². The lowest BCUT2D eigenvalue weighted by molar-refractivity contribution is -0.0298. The summed E-state index contributed by atoms with van der Waals surface area (Å²) in [7, 11) is 0. The van der Waals surface area contributed by atoms with Crippen LogP contribution in [-0.2, 0) is 11.3 Å². The van der Waals surface area contributed by atoms with E-state index in [0.717, 1.165) is 28.4 Å². The van der Waals surface area contributed by atoms with E-state index in [-0.39, 0.29) is 6.23 Å². The maximum absolute atomic E-state index is 14.0. The first-order valence-electron chi connectivity index (χ1n) is 8.21. The van der Waals surface area contributed by atoms with Gasteiger partial charge in [-0.3, -0.25) is 4.57 Å². The minimum absolute atomic E-state index is 0.143. The summed E-state index contributed by atoms with van der Waals surface area (Å²) >= 11 is 2.28. The van der Waals surface area contributed by atoms with E-state index >= 15 is 0 Å². The number of hydrogen-bond donors (Lipinski definition) is 1. The lowest BCUT2D eigenvalue weighted by Gasteiger charge is -2.23. The van der Waals surface area contributed by atoms with Crippen LogP contribution in [-0.4, -0.2) is 26.1 Å². The van der Waals surface area contributed by atoms with Crippen LogP contribution in [0.3, 0.4) is 0 Å². The van der Waals surface area contributed by atoms with E-state index in [1.54, 1.807) is 10.9 Å². The summed E-state index contributed by atoms with van der Waals surface area (Å²) < 4.78 is 22.7. The van der Waals surface area contributed by atoms with Gasteiger partial charge in [0.15, 0.2) is 17.0 Å². The van der Waals surface area contributed by atoms with Crippen LogP contribution in [0.4, 0.5) is 10.2 Å². The third-order valence-electron chi connectivity index (χ3n) is 4.26. The Morgan fingerprint density at radius 3 is 2.96 bits per heavy atom. The monoisotopic (exact) mass is 453 g/mol. The fourth-order valence-corrected chi connectivity index (χ4v) is 3.57. The largest absolute Gasteiger partial charge is 0.364 e. The van der Waals surface area contributed by atoms with Crippen LogP contribution in [0.2, 0.25) is 0 Å². The summed E-state index contributed by atoms with van der Waals surface area (Å²) in [5.41, 5.74) is 2.14. The standard InChI is InChI=1S/C17H17FIN5O/c18-17-22-15(20-9-11-5-1-2-6-12(11)19)14-16(23-17)24(10-21-14)13-7-3-4-8-25-13/h1-2,5-6,10,13H,3-4,7-9H2,(H,20,22,23). The van der Waals surface area contributed by atoms with E-state index < -0.39 is 6.08 Å². The van der Waals surface area contributed by atoms with Crippen LogP contribution in [0.25, 0.3) is 11.2 Å². The maximum atomic E-state index is 14.0. The van der Waals surface area contributed by atoms with Crippen molar-refractivity contribution in [2.45, 2.75) is 32.0 Å². The minimum atomic E-state index is -0.768. The molecule has 1 aliphatic rings. The molecule has 130 valence electrons. The van der Waals surface area contributed by atoms with Crippen molar-refractivity contribution in [3.8, 4) is 0 Å². The second kappa shape index (κ2) is 7.20. The Bertz CT molecular complexity index is 894. The van der Waals surface area contributed by atoms with Gasteiger partial charge in [0.2, 0.25) is 0 Å². The smallest absolute Gasteiger partial charge is 0.312 e. The summed E-state index contributed by atoms with van der Waals surface area (Å²) in [6.45, 7) is 1.24. The van der Waals surface area contributed by atoms with E-state index in [1.165, 1.54) is 0 Å². The molecular weight excluding hydrogens is 436 g/mol. The van der Waals surface area contributed by atoms with Crippen LogP contribution >= 0.6 is 22.6 Å². The van der Waals surface area contributed by atoms with Gasteiger partial charge in [-0.15, -0.1) is 0 Å². The molecule has 0 aliphatic carbocycles. The summed E-state index contributed by atoms with van der Waals surface area (Å²) in [5.74, 6) is 0.400. The van der Waals surface area contributed by atoms with Gasteiger partial charge in [0.25, 0.3) is 0 Å². The molecule has 0 spiro atoms. The number of rotatable bonds is 4. The van der Waals surface area contributed by atoms with Gasteiger partial charge in [-0.25, -0.2) is 4.98 Å². The maximum Gasteiger partial charge on any atom is 0.312 e. The molecular formula is C17H17FIN5O. The molecule has 0 amide bonds. The second-order valence-corrected chi connectivity index (χ2v) is 7.09. The summed E-state index contributed by atoms with van der Waals surface area (Å²) in [5, 5.41) is 3.19. The van der Waals surface area contributed by atoms with Crippen molar-refractivity contribution in [2.24, 2.45) is 0 Å². The highest BCUT2D eigenvalue weighted by Gasteiger charge is 2.21. The molecule has 25 heavy (non-hydrogen) atoms. The average molecular weight is 453 g/mol. The molecule has 1 atom stereocenters. The van der Waals surface area contributed by atoms with Crippen LogP contribution < -0.4 is 5.32 Å². The minimum Gasteiger partial charge on any atom is -0.364 e. The van der Waals surface area contributed by atoms with Gasteiger partial charge >= 0.3 is 6.08 Å². The third-order valence-corrected chi connectivity index (χ3v) is 5.32. The second-order valence-electron chi connectivity index (χ2n) is 5.93. The van der Waals surface area contributed by atoms with Gasteiger partial charge in [0, 0.05) is 16.7 Å². The van der Waals surface area contributed by atoms with Crippen molar-refractivity contribution in [3.05, 3.63) is 45.8 Å². The number of fused-ring (bicyclic) bond motifs is 1. The molecule has 0 bridgehead atoms. The van der Waals surface area contributed by atoms with Crippen LogP contribution in [0.15, 0.2) is 30.6 Å². The van der Waals surface area contributed by atoms with E-state index in [9.17, 15) is 4.39 Å². The fraction of sp³-hybridized carbons (Fsp3) is 0.353. The molecule has 8 heteroatoms.